The number of ether oxygens (including phenoxy) is 1. The van der Waals surface area contributed by atoms with Gasteiger partial charge in [-0.25, -0.2) is 4.79 Å². The number of thiocarbonyl (C=S) groups is 1. The number of thiophene rings is 1. The van der Waals surface area contributed by atoms with Crippen LogP contribution in [0.25, 0.3) is 0 Å². The normalized spacial score (nSPS) is 10.4. The summed E-state index contributed by atoms with van der Waals surface area (Å²) in [7, 11) is 1.36. The summed E-state index contributed by atoms with van der Waals surface area (Å²) in [5.41, 5.74) is 2.06. The van der Waals surface area contributed by atoms with E-state index in [1.807, 2.05) is 13.8 Å². The summed E-state index contributed by atoms with van der Waals surface area (Å²) in [6.07, 6.45) is 0.731. The third kappa shape index (κ3) is 4.00. The van der Waals surface area contributed by atoms with Crippen molar-refractivity contribution in [3.63, 3.8) is 0 Å². The molecule has 0 aliphatic carbocycles. The quantitative estimate of drug-likeness (QED) is 0.520. The zero-order valence-electron chi connectivity index (χ0n) is 13.3. The Morgan fingerprint density at radius 3 is 2.67 bits per heavy atom. The molecule has 2 N–H and O–H groups in total. The van der Waals surface area contributed by atoms with Crippen molar-refractivity contribution < 1.29 is 9.53 Å². The van der Waals surface area contributed by atoms with Gasteiger partial charge in [0.2, 0.25) is 0 Å². The van der Waals surface area contributed by atoms with E-state index >= 15 is 0 Å². The minimum Gasteiger partial charge on any atom is -0.465 e. The highest BCUT2D eigenvalue weighted by Gasteiger charge is 2.22. The molecule has 8 heteroatoms. The van der Waals surface area contributed by atoms with Gasteiger partial charge in [0.25, 0.3) is 0 Å². The lowest BCUT2D eigenvalue weighted by Crippen LogP contribution is -2.20. The molecule has 0 atom stereocenters. The number of aryl methyl sites for hydroxylation is 1. The van der Waals surface area contributed by atoms with Crippen LogP contribution in [0.5, 0.6) is 0 Å². The third-order valence-electron chi connectivity index (χ3n) is 3.38. The van der Waals surface area contributed by atoms with Crippen LogP contribution in [-0.4, -0.2) is 18.2 Å². The number of esters is 1. The standard InChI is InChI=1S/C16H16Cl2N2O2S2/c1-4-9-8(2)24-14(12(9)15(21)22-3)20-16(23)19-11-7-5-6-10(17)13(11)18/h5-7H,4H2,1-3H3,(H2,19,20,23). The number of benzene rings is 1. The van der Waals surface area contributed by atoms with Gasteiger partial charge in [-0.2, -0.15) is 0 Å². The number of carbonyl (C=O) groups excluding carboxylic acids is 1. The van der Waals surface area contributed by atoms with Gasteiger partial charge in [0, 0.05) is 4.88 Å². The Balaban J connectivity index is 2.26. The highest BCUT2D eigenvalue weighted by atomic mass is 35.5. The summed E-state index contributed by atoms with van der Waals surface area (Å²) in [5, 5.41) is 7.81. The van der Waals surface area contributed by atoms with E-state index in [0.717, 1.165) is 16.9 Å². The van der Waals surface area contributed by atoms with E-state index in [2.05, 4.69) is 10.6 Å². The first kappa shape index (κ1) is 19.0. The Labute approximate surface area is 160 Å². The van der Waals surface area contributed by atoms with Gasteiger partial charge in [-0.1, -0.05) is 36.2 Å². The van der Waals surface area contributed by atoms with Crippen LogP contribution in [0, 0.1) is 6.92 Å². The second-order valence-electron chi connectivity index (χ2n) is 4.87. The Kier molecular flexibility index (Phi) is 6.46. The predicted molar refractivity (Wildman–Crippen MR) is 106 cm³/mol. The second-order valence-corrected chi connectivity index (χ2v) is 7.28. The van der Waals surface area contributed by atoms with Gasteiger partial charge in [0.15, 0.2) is 5.11 Å². The van der Waals surface area contributed by atoms with Crippen molar-refractivity contribution in [3.05, 3.63) is 44.2 Å². The van der Waals surface area contributed by atoms with Crippen LogP contribution in [-0.2, 0) is 11.2 Å². The first-order valence-corrected chi connectivity index (χ1v) is 9.09. The number of rotatable bonds is 4. The van der Waals surface area contributed by atoms with E-state index in [1.165, 1.54) is 18.4 Å². The number of halogens is 2. The Hall–Kier alpha value is -1.34. The van der Waals surface area contributed by atoms with E-state index in [1.54, 1.807) is 18.2 Å². The molecule has 2 rings (SSSR count). The minimum atomic E-state index is -0.387. The van der Waals surface area contributed by atoms with Crippen LogP contribution < -0.4 is 10.6 Å². The van der Waals surface area contributed by atoms with E-state index in [0.29, 0.717) is 31.4 Å². The number of hydrogen-bond acceptors (Lipinski definition) is 4. The maximum Gasteiger partial charge on any atom is 0.341 e. The average molecular weight is 403 g/mol. The van der Waals surface area contributed by atoms with Gasteiger partial charge in [-0.15, -0.1) is 11.3 Å². The summed E-state index contributed by atoms with van der Waals surface area (Å²) in [5.74, 6) is -0.387. The van der Waals surface area contributed by atoms with Crippen molar-refractivity contribution in [1.82, 2.24) is 0 Å². The van der Waals surface area contributed by atoms with E-state index in [4.69, 9.17) is 40.2 Å². The van der Waals surface area contributed by atoms with Gasteiger partial charge in [-0.3, -0.25) is 0 Å². The van der Waals surface area contributed by atoms with Crippen molar-refractivity contribution >= 4 is 68.5 Å². The third-order valence-corrected chi connectivity index (χ3v) is 5.46. The fraction of sp³-hybridized carbons (Fsp3) is 0.250. The van der Waals surface area contributed by atoms with Gasteiger partial charge in [0.1, 0.15) is 5.00 Å². The fourth-order valence-electron chi connectivity index (χ4n) is 2.27. The Bertz CT molecular complexity index is 791. The summed E-state index contributed by atoms with van der Waals surface area (Å²) in [6.45, 7) is 3.96. The lowest BCUT2D eigenvalue weighted by molar-refractivity contribution is 0.0601. The molecule has 0 unspecified atom stereocenters. The van der Waals surface area contributed by atoms with Crippen molar-refractivity contribution in [1.29, 1.82) is 0 Å². The first-order valence-electron chi connectivity index (χ1n) is 7.11. The van der Waals surface area contributed by atoms with Gasteiger partial charge in [-0.05, 0) is 43.3 Å². The predicted octanol–water partition coefficient (Wildman–Crippen LogP) is 5.52. The number of anilines is 2. The van der Waals surface area contributed by atoms with E-state index in [-0.39, 0.29) is 5.97 Å². The number of carbonyl (C=O) groups is 1. The summed E-state index contributed by atoms with van der Waals surface area (Å²) in [6, 6.07) is 5.22. The molecule has 0 spiro atoms. The smallest absolute Gasteiger partial charge is 0.341 e. The molecule has 0 saturated heterocycles. The van der Waals surface area contributed by atoms with Crippen molar-refractivity contribution in [2.75, 3.05) is 17.7 Å². The molecule has 24 heavy (non-hydrogen) atoms. The molecule has 1 heterocycles. The molecule has 0 amide bonds. The van der Waals surface area contributed by atoms with E-state index in [9.17, 15) is 4.79 Å². The number of hydrogen-bond donors (Lipinski definition) is 2. The molecular weight excluding hydrogens is 387 g/mol. The minimum absolute atomic E-state index is 0.313. The topological polar surface area (TPSA) is 50.4 Å². The molecule has 4 nitrogen and oxygen atoms in total. The molecule has 0 radical (unpaired) electrons. The highest BCUT2D eigenvalue weighted by molar-refractivity contribution is 7.80. The molecule has 128 valence electrons. The second kappa shape index (κ2) is 8.16. The van der Waals surface area contributed by atoms with E-state index < -0.39 is 0 Å². The lowest BCUT2D eigenvalue weighted by atomic mass is 10.1. The zero-order chi connectivity index (χ0) is 17.9. The summed E-state index contributed by atoms with van der Waals surface area (Å²) >= 11 is 18.9. The highest BCUT2D eigenvalue weighted by Crippen LogP contribution is 2.34. The van der Waals surface area contributed by atoms with Crippen LogP contribution in [0.15, 0.2) is 18.2 Å². The molecule has 0 bridgehead atoms. The SMILES string of the molecule is CCc1c(C)sc(NC(=S)Nc2cccc(Cl)c2Cl)c1C(=O)OC. The number of methoxy groups -OCH3 is 1. The van der Waals surface area contributed by atoms with Gasteiger partial charge >= 0.3 is 5.97 Å². The summed E-state index contributed by atoms with van der Waals surface area (Å²) < 4.78 is 4.89. The van der Waals surface area contributed by atoms with Crippen molar-refractivity contribution in [2.24, 2.45) is 0 Å². The van der Waals surface area contributed by atoms with Gasteiger partial charge in [0.05, 0.1) is 28.4 Å². The fourth-order valence-corrected chi connectivity index (χ4v) is 4.03. The van der Waals surface area contributed by atoms with Gasteiger partial charge < -0.3 is 15.4 Å². The Morgan fingerprint density at radius 2 is 2.04 bits per heavy atom. The van der Waals surface area contributed by atoms with Crippen molar-refractivity contribution in [3.8, 4) is 0 Å². The van der Waals surface area contributed by atoms with Crippen LogP contribution in [0.1, 0.15) is 27.7 Å². The van der Waals surface area contributed by atoms with Crippen molar-refractivity contribution in [2.45, 2.75) is 20.3 Å². The monoisotopic (exact) mass is 402 g/mol. The Morgan fingerprint density at radius 1 is 1.33 bits per heavy atom. The molecule has 0 aliphatic heterocycles. The summed E-state index contributed by atoms with van der Waals surface area (Å²) in [4.78, 5) is 13.2. The van der Waals surface area contributed by atoms with Crippen LogP contribution in [0.3, 0.4) is 0 Å². The molecule has 0 aliphatic rings. The van der Waals surface area contributed by atoms with Crippen LogP contribution in [0.4, 0.5) is 10.7 Å². The first-order chi connectivity index (χ1) is 11.4. The maximum atomic E-state index is 12.1. The molecular formula is C16H16Cl2N2O2S2. The van der Waals surface area contributed by atoms with Crippen LogP contribution in [0.2, 0.25) is 10.0 Å². The lowest BCUT2D eigenvalue weighted by Gasteiger charge is -2.12. The maximum absolute atomic E-state index is 12.1. The molecule has 1 aromatic heterocycles. The molecule has 1 aromatic carbocycles. The van der Waals surface area contributed by atoms with Crippen LogP contribution >= 0.6 is 46.8 Å². The molecule has 2 aromatic rings. The molecule has 0 saturated carbocycles. The largest absolute Gasteiger partial charge is 0.465 e. The number of nitrogens with one attached hydrogen (secondary N) is 2. The molecule has 0 fully saturated rings. The average Bonchev–Trinajstić information content (AvgIpc) is 2.86. The zero-order valence-corrected chi connectivity index (χ0v) is 16.5.